The van der Waals surface area contributed by atoms with E-state index in [0.717, 1.165) is 12.1 Å². The molecule has 0 saturated heterocycles. The first-order valence-electron chi connectivity index (χ1n) is 5.05. The number of nitrogens with zero attached hydrogens (tertiary/aromatic N) is 2. The number of aliphatic hydroxyl groups is 1. The fourth-order valence-corrected chi connectivity index (χ4v) is 1.50. The van der Waals surface area contributed by atoms with Crippen molar-refractivity contribution >= 4 is 11.7 Å². The van der Waals surface area contributed by atoms with Gasteiger partial charge in [-0.15, -0.1) is 0 Å². The van der Waals surface area contributed by atoms with Crippen LogP contribution in [0.25, 0.3) is 0 Å². The maximum Gasteiger partial charge on any atom is 0.340 e. The van der Waals surface area contributed by atoms with Gasteiger partial charge in [-0.05, 0) is 13.0 Å². The Morgan fingerprint density at radius 1 is 1.61 bits per heavy atom. The monoisotopic (exact) mass is 250 g/mol. The number of carbonyl (C=O) groups excluding carboxylic acids is 1. The van der Waals surface area contributed by atoms with Gasteiger partial charge in [0, 0.05) is 6.07 Å². The van der Waals surface area contributed by atoms with Crippen molar-refractivity contribution in [2.75, 3.05) is 6.61 Å². The van der Waals surface area contributed by atoms with Gasteiger partial charge in [-0.3, -0.25) is 10.1 Å². The number of rotatable bonds is 4. The van der Waals surface area contributed by atoms with Crippen LogP contribution in [-0.2, 0) is 11.3 Å². The smallest absolute Gasteiger partial charge is 0.340 e. The molecule has 0 heterocycles. The van der Waals surface area contributed by atoms with Gasteiger partial charge >= 0.3 is 5.97 Å². The molecule has 1 aromatic carbocycles. The summed E-state index contributed by atoms with van der Waals surface area (Å²) >= 11 is 0. The highest BCUT2D eigenvalue weighted by Crippen LogP contribution is 2.26. The van der Waals surface area contributed by atoms with Crippen LogP contribution in [-0.4, -0.2) is 22.6 Å². The fraction of sp³-hybridized carbons (Fsp3) is 0.273. The van der Waals surface area contributed by atoms with Crippen molar-refractivity contribution in [2.24, 2.45) is 0 Å². The first-order chi connectivity index (χ1) is 8.56. The number of hydrogen-bond donors (Lipinski definition) is 1. The zero-order valence-electron chi connectivity index (χ0n) is 9.54. The van der Waals surface area contributed by atoms with Crippen molar-refractivity contribution in [2.45, 2.75) is 13.5 Å². The number of nitro groups is 1. The third-order valence-electron chi connectivity index (χ3n) is 2.24. The zero-order valence-corrected chi connectivity index (χ0v) is 9.54. The summed E-state index contributed by atoms with van der Waals surface area (Å²) in [4.78, 5) is 21.7. The molecule has 18 heavy (non-hydrogen) atoms. The number of benzene rings is 1. The quantitative estimate of drug-likeness (QED) is 0.486. The molecule has 0 aliphatic carbocycles. The van der Waals surface area contributed by atoms with E-state index in [9.17, 15) is 14.9 Å². The fourth-order valence-electron chi connectivity index (χ4n) is 1.50. The lowest BCUT2D eigenvalue weighted by Gasteiger charge is -2.08. The summed E-state index contributed by atoms with van der Waals surface area (Å²) in [6.45, 7) is 0.914. The summed E-state index contributed by atoms with van der Waals surface area (Å²) < 4.78 is 4.72. The van der Waals surface area contributed by atoms with Gasteiger partial charge in [0.05, 0.1) is 34.8 Å². The van der Waals surface area contributed by atoms with Crippen LogP contribution in [0.2, 0.25) is 0 Å². The molecule has 1 N–H and O–H groups in total. The molecule has 0 bridgehead atoms. The normalized spacial score (nSPS) is 9.61. The lowest BCUT2D eigenvalue weighted by molar-refractivity contribution is -0.385. The van der Waals surface area contributed by atoms with Gasteiger partial charge in [0.1, 0.15) is 6.07 Å². The van der Waals surface area contributed by atoms with Gasteiger partial charge in [0.2, 0.25) is 0 Å². The Hall–Kier alpha value is -2.46. The Morgan fingerprint density at radius 3 is 2.72 bits per heavy atom. The molecule has 0 fully saturated rings. The van der Waals surface area contributed by atoms with Crippen molar-refractivity contribution < 1.29 is 19.6 Å². The van der Waals surface area contributed by atoms with E-state index in [2.05, 4.69) is 0 Å². The standard InChI is InChI=1S/C11H10N2O5/c1-2-18-11(15)10-7(5-12)3-4-9(13(16)17)8(10)6-14/h3-4,14H,2,6H2,1H3. The molecule has 0 atom stereocenters. The molecule has 0 unspecified atom stereocenters. The number of carbonyl (C=O) groups is 1. The molecular weight excluding hydrogens is 240 g/mol. The second-order valence-corrected chi connectivity index (χ2v) is 3.23. The predicted octanol–water partition coefficient (Wildman–Crippen LogP) is 1.14. The number of aliphatic hydroxyl groups excluding tert-OH is 1. The van der Waals surface area contributed by atoms with Crippen LogP contribution in [0.1, 0.15) is 28.4 Å². The molecule has 0 spiro atoms. The van der Waals surface area contributed by atoms with E-state index in [1.165, 1.54) is 0 Å². The van der Waals surface area contributed by atoms with E-state index in [0.29, 0.717) is 0 Å². The van der Waals surface area contributed by atoms with Crippen LogP contribution in [0.3, 0.4) is 0 Å². The number of ether oxygens (including phenoxy) is 1. The molecule has 0 amide bonds. The molecule has 0 aromatic heterocycles. The highest BCUT2D eigenvalue weighted by atomic mass is 16.6. The number of nitro benzene ring substituents is 1. The third-order valence-corrected chi connectivity index (χ3v) is 2.24. The molecule has 1 rings (SSSR count). The number of nitriles is 1. The summed E-state index contributed by atoms with van der Waals surface area (Å²) in [5, 5.41) is 28.8. The first kappa shape index (κ1) is 13.6. The summed E-state index contributed by atoms with van der Waals surface area (Å²) in [6.07, 6.45) is 0. The first-order valence-corrected chi connectivity index (χ1v) is 5.05. The average Bonchev–Trinajstić information content (AvgIpc) is 2.36. The lowest BCUT2D eigenvalue weighted by atomic mass is 10.0. The molecule has 7 heteroatoms. The van der Waals surface area contributed by atoms with Gasteiger partial charge in [-0.2, -0.15) is 5.26 Å². The van der Waals surface area contributed by atoms with Crippen LogP contribution < -0.4 is 0 Å². The SMILES string of the molecule is CCOC(=O)c1c(C#N)ccc([N+](=O)[O-])c1CO. The van der Waals surface area contributed by atoms with Crippen molar-refractivity contribution in [3.05, 3.63) is 38.9 Å². The van der Waals surface area contributed by atoms with E-state index in [-0.39, 0.29) is 23.3 Å². The minimum Gasteiger partial charge on any atom is -0.462 e. The molecule has 7 nitrogen and oxygen atoms in total. The highest BCUT2D eigenvalue weighted by Gasteiger charge is 2.25. The summed E-state index contributed by atoms with van der Waals surface area (Å²) in [5.74, 6) is -0.859. The minimum absolute atomic E-state index is 0.0666. The van der Waals surface area contributed by atoms with E-state index < -0.39 is 23.2 Å². The van der Waals surface area contributed by atoms with Gasteiger partial charge in [-0.25, -0.2) is 4.79 Å². The van der Waals surface area contributed by atoms with Crippen LogP contribution in [0.4, 0.5) is 5.69 Å². The van der Waals surface area contributed by atoms with Crippen molar-refractivity contribution in [1.29, 1.82) is 5.26 Å². The molecule has 94 valence electrons. The molecular formula is C11H10N2O5. The highest BCUT2D eigenvalue weighted by molar-refractivity contribution is 5.95. The van der Waals surface area contributed by atoms with Crippen molar-refractivity contribution in [1.82, 2.24) is 0 Å². The Bertz CT molecular complexity index is 533. The van der Waals surface area contributed by atoms with Gasteiger partial charge in [0.15, 0.2) is 0 Å². The van der Waals surface area contributed by atoms with E-state index in [1.54, 1.807) is 13.0 Å². The van der Waals surface area contributed by atoms with Crippen LogP contribution in [0, 0.1) is 21.4 Å². The number of hydrogen-bond acceptors (Lipinski definition) is 6. The van der Waals surface area contributed by atoms with Crippen LogP contribution in [0.15, 0.2) is 12.1 Å². The Labute approximate surface area is 102 Å². The third kappa shape index (κ3) is 2.44. The molecule has 1 aromatic rings. The Morgan fingerprint density at radius 2 is 2.28 bits per heavy atom. The lowest BCUT2D eigenvalue weighted by Crippen LogP contribution is -2.12. The molecule has 0 radical (unpaired) electrons. The van der Waals surface area contributed by atoms with E-state index in [4.69, 9.17) is 15.1 Å². The maximum absolute atomic E-state index is 11.7. The second kappa shape index (κ2) is 5.75. The van der Waals surface area contributed by atoms with E-state index in [1.807, 2.05) is 0 Å². The average molecular weight is 250 g/mol. The van der Waals surface area contributed by atoms with Gasteiger partial charge in [-0.1, -0.05) is 0 Å². The van der Waals surface area contributed by atoms with Crippen LogP contribution in [0.5, 0.6) is 0 Å². The van der Waals surface area contributed by atoms with E-state index >= 15 is 0 Å². The van der Waals surface area contributed by atoms with Gasteiger partial charge < -0.3 is 9.84 Å². The van der Waals surface area contributed by atoms with Gasteiger partial charge in [0.25, 0.3) is 5.69 Å². The van der Waals surface area contributed by atoms with Crippen molar-refractivity contribution in [3.63, 3.8) is 0 Å². The molecule has 0 aliphatic heterocycles. The summed E-state index contributed by atoms with van der Waals surface area (Å²) in [6, 6.07) is 3.97. The summed E-state index contributed by atoms with van der Waals surface area (Å²) in [7, 11) is 0. The van der Waals surface area contributed by atoms with Crippen LogP contribution >= 0.6 is 0 Å². The Balaban J connectivity index is 3.52. The maximum atomic E-state index is 11.7. The zero-order chi connectivity index (χ0) is 13.7. The topological polar surface area (TPSA) is 113 Å². The van der Waals surface area contributed by atoms with Crippen molar-refractivity contribution in [3.8, 4) is 6.07 Å². The summed E-state index contributed by atoms with van der Waals surface area (Å²) in [5.41, 5.74) is -0.948. The minimum atomic E-state index is -0.859. The molecule has 0 aliphatic rings. The Kier molecular flexibility index (Phi) is 4.34. The molecule has 0 saturated carbocycles. The predicted molar refractivity (Wildman–Crippen MR) is 59.7 cm³/mol. The number of esters is 1. The second-order valence-electron chi connectivity index (χ2n) is 3.23. The largest absolute Gasteiger partial charge is 0.462 e.